The third-order valence-corrected chi connectivity index (χ3v) is 8.57. The predicted molar refractivity (Wildman–Crippen MR) is 108 cm³/mol. The number of hydrogen-bond donors (Lipinski definition) is 3. The van der Waals surface area contributed by atoms with Crippen molar-refractivity contribution >= 4 is 23.6 Å². The molecule has 4 heterocycles. The lowest BCUT2D eigenvalue weighted by atomic mass is 9.79. The number of nitrogens with zero attached hydrogens (tertiary/aromatic N) is 2. The van der Waals surface area contributed by atoms with Crippen LogP contribution in [0.25, 0.3) is 0 Å². The summed E-state index contributed by atoms with van der Waals surface area (Å²) < 4.78 is 0. The number of aliphatic hydroxyl groups excluding tert-OH is 1. The number of carboxylic acid groups (broad SMARTS) is 1. The van der Waals surface area contributed by atoms with Crippen LogP contribution >= 0.6 is 11.8 Å². The Balaban J connectivity index is 1.45. The molecule has 6 unspecified atom stereocenters. The van der Waals surface area contributed by atoms with Crippen LogP contribution in [0.1, 0.15) is 33.1 Å². The van der Waals surface area contributed by atoms with Gasteiger partial charge in [0.1, 0.15) is 5.70 Å². The van der Waals surface area contributed by atoms with Crippen molar-refractivity contribution in [2.45, 2.75) is 56.5 Å². The third-order valence-electron chi connectivity index (χ3n) is 7.06. The van der Waals surface area contributed by atoms with Crippen LogP contribution in [0.5, 0.6) is 0 Å². The van der Waals surface area contributed by atoms with Gasteiger partial charge in [-0.2, -0.15) is 0 Å². The Morgan fingerprint density at radius 1 is 1.32 bits per heavy atom. The average Bonchev–Trinajstić information content (AvgIpc) is 3.18. The van der Waals surface area contributed by atoms with Gasteiger partial charge < -0.3 is 25.3 Å². The van der Waals surface area contributed by atoms with Crippen LogP contribution in [-0.4, -0.2) is 82.0 Å². The number of β-lactam (4-membered cyclic amide) rings is 1. The summed E-state index contributed by atoms with van der Waals surface area (Å²) in [5.41, 5.74) is 0.146. The first-order chi connectivity index (χ1) is 13.3. The molecule has 0 saturated carbocycles. The summed E-state index contributed by atoms with van der Waals surface area (Å²) in [4.78, 5) is 29.0. The number of aliphatic hydroxyl groups is 1. The molecule has 0 aromatic heterocycles. The quantitative estimate of drug-likeness (QED) is 0.582. The van der Waals surface area contributed by atoms with Gasteiger partial charge in [0.05, 0.1) is 18.1 Å². The predicted octanol–water partition coefficient (Wildman–Crippen LogP) is 0.946. The number of fused-ring (bicyclic) bond motifs is 1. The van der Waals surface area contributed by atoms with Crippen LogP contribution in [0.2, 0.25) is 0 Å². The first-order valence-corrected chi connectivity index (χ1v) is 11.2. The topological polar surface area (TPSA) is 93.1 Å². The molecule has 4 aliphatic heterocycles. The molecule has 4 rings (SSSR count). The molecular formula is C20H31N3O4S. The van der Waals surface area contributed by atoms with Crippen LogP contribution < -0.4 is 5.32 Å². The maximum Gasteiger partial charge on any atom is 0.353 e. The second-order valence-electron chi connectivity index (χ2n) is 8.90. The van der Waals surface area contributed by atoms with E-state index < -0.39 is 18.0 Å². The molecule has 0 aliphatic carbocycles. The second-order valence-corrected chi connectivity index (χ2v) is 10.2. The average molecular weight is 410 g/mol. The van der Waals surface area contributed by atoms with E-state index in [2.05, 4.69) is 17.3 Å². The molecule has 4 aliphatic rings. The lowest BCUT2D eigenvalue weighted by molar-refractivity contribution is -0.163. The number of aliphatic carboxylic acids is 1. The fourth-order valence-electron chi connectivity index (χ4n) is 5.47. The Kier molecular flexibility index (Phi) is 5.50. The van der Waals surface area contributed by atoms with Gasteiger partial charge in [-0.1, -0.05) is 6.92 Å². The highest BCUT2D eigenvalue weighted by atomic mass is 32.2. The highest BCUT2D eigenvalue weighted by molar-refractivity contribution is 8.03. The number of amides is 1. The van der Waals surface area contributed by atoms with Crippen molar-refractivity contribution in [3.63, 3.8) is 0 Å². The van der Waals surface area contributed by atoms with Gasteiger partial charge >= 0.3 is 5.97 Å². The van der Waals surface area contributed by atoms with Crippen molar-refractivity contribution in [1.29, 1.82) is 0 Å². The molecule has 0 aromatic rings. The van der Waals surface area contributed by atoms with E-state index in [1.165, 1.54) is 17.7 Å². The number of nitrogens with one attached hydrogen (secondary N) is 1. The maximum absolute atomic E-state index is 12.5. The highest BCUT2D eigenvalue weighted by Gasteiger charge is 2.60. The first kappa shape index (κ1) is 20.2. The van der Waals surface area contributed by atoms with E-state index in [0.717, 1.165) is 31.0 Å². The summed E-state index contributed by atoms with van der Waals surface area (Å²) >= 11 is 1.64. The Bertz CT molecular complexity index is 689. The van der Waals surface area contributed by atoms with Gasteiger partial charge in [0.25, 0.3) is 0 Å². The zero-order chi connectivity index (χ0) is 20.2. The molecule has 1 amide bonds. The largest absolute Gasteiger partial charge is 0.477 e. The minimum Gasteiger partial charge on any atom is -0.477 e. The minimum atomic E-state index is -1.04. The molecule has 156 valence electrons. The number of thioether (sulfide) groups is 1. The Hall–Kier alpha value is -1.09. The van der Waals surface area contributed by atoms with E-state index in [9.17, 15) is 19.8 Å². The molecule has 3 N–H and O–H groups in total. The fraction of sp³-hybridized carbons (Fsp3) is 0.800. The van der Waals surface area contributed by atoms with Crippen molar-refractivity contribution in [2.24, 2.45) is 17.8 Å². The van der Waals surface area contributed by atoms with Gasteiger partial charge in [-0.25, -0.2) is 4.79 Å². The summed E-state index contributed by atoms with van der Waals surface area (Å²) in [6.45, 7) is 6.78. The third kappa shape index (κ3) is 3.28. The molecule has 3 saturated heterocycles. The van der Waals surface area contributed by atoms with Crippen molar-refractivity contribution in [3.8, 4) is 0 Å². The van der Waals surface area contributed by atoms with E-state index in [-0.39, 0.29) is 23.6 Å². The van der Waals surface area contributed by atoms with E-state index in [1.807, 2.05) is 6.92 Å². The van der Waals surface area contributed by atoms with Gasteiger partial charge in [0, 0.05) is 28.7 Å². The van der Waals surface area contributed by atoms with E-state index >= 15 is 0 Å². The Morgan fingerprint density at radius 2 is 2.00 bits per heavy atom. The van der Waals surface area contributed by atoms with Crippen LogP contribution in [0.4, 0.5) is 0 Å². The second kappa shape index (κ2) is 7.63. The van der Waals surface area contributed by atoms with Crippen LogP contribution in [-0.2, 0) is 9.59 Å². The first-order valence-electron chi connectivity index (χ1n) is 10.4. The normalized spacial score (nSPS) is 37.9. The SMILES string of the molecule is CC(O)C1C(=O)N2C(C(=O)O)=C(SC3CNC(C4CCN(C)CC4)C3)C(C)C12. The standard InChI is InChI=1S/C20H31N3O4S/c1-10-16-15(11(2)24)19(25)23(16)17(20(26)27)18(10)28-13-8-14(21-9-13)12-4-6-22(3)7-5-12/h10-16,21,24H,4-9H2,1-3H3,(H,26,27). The number of carboxylic acids is 1. The van der Waals surface area contributed by atoms with E-state index in [4.69, 9.17) is 0 Å². The molecule has 8 heteroatoms. The summed E-state index contributed by atoms with van der Waals surface area (Å²) in [6.07, 6.45) is 2.72. The molecule has 0 aromatic carbocycles. The number of rotatable bonds is 5. The molecule has 0 bridgehead atoms. The highest BCUT2D eigenvalue weighted by Crippen LogP contribution is 2.52. The summed E-state index contributed by atoms with van der Waals surface area (Å²) in [7, 11) is 2.17. The number of carbonyl (C=O) groups is 2. The maximum atomic E-state index is 12.5. The summed E-state index contributed by atoms with van der Waals surface area (Å²) in [5, 5.41) is 23.7. The van der Waals surface area contributed by atoms with Crippen LogP contribution in [0, 0.1) is 17.8 Å². The molecular weight excluding hydrogens is 378 g/mol. The zero-order valence-corrected chi connectivity index (χ0v) is 17.6. The van der Waals surface area contributed by atoms with Crippen molar-refractivity contribution < 1.29 is 19.8 Å². The summed E-state index contributed by atoms with van der Waals surface area (Å²) in [6, 6.07) is 0.279. The van der Waals surface area contributed by atoms with Crippen molar-refractivity contribution in [1.82, 2.24) is 15.1 Å². The van der Waals surface area contributed by atoms with Crippen LogP contribution in [0.3, 0.4) is 0 Å². The Morgan fingerprint density at radius 3 is 2.61 bits per heavy atom. The van der Waals surface area contributed by atoms with Gasteiger partial charge in [-0.05, 0) is 52.2 Å². The monoisotopic (exact) mass is 409 g/mol. The van der Waals surface area contributed by atoms with E-state index in [1.54, 1.807) is 18.7 Å². The Labute approximate surface area is 170 Å². The minimum absolute atomic E-state index is 0.0456. The number of likely N-dealkylation sites (tertiary alicyclic amines) is 1. The smallest absolute Gasteiger partial charge is 0.353 e. The van der Waals surface area contributed by atoms with Crippen molar-refractivity contribution in [2.75, 3.05) is 26.7 Å². The van der Waals surface area contributed by atoms with Gasteiger partial charge in [0.2, 0.25) is 5.91 Å². The lowest BCUT2D eigenvalue weighted by Crippen LogP contribution is -2.63. The molecule has 28 heavy (non-hydrogen) atoms. The van der Waals surface area contributed by atoms with E-state index in [0.29, 0.717) is 17.2 Å². The molecule has 6 atom stereocenters. The van der Waals surface area contributed by atoms with Crippen LogP contribution in [0.15, 0.2) is 10.6 Å². The molecule has 7 nitrogen and oxygen atoms in total. The van der Waals surface area contributed by atoms with Gasteiger partial charge in [-0.3, -0.25) is 4.79 Å². The number of hydrogen-bond acceptors (Lipinski definition) is 6. The fourth-order valence-corrected chi connectivity index (χ4v) is 6.96. The molecule has 0 radical (unpaired) electrons. The van der Waals surface area contributed by atoms with Gasteiger partial charge in [0.15, 0.2) is 0 Å². The lowest BCUT2D eigenvalue weighted by Gasteiger charge is -2.46. The number of carbonyl (C=O) groups excluding carboxylic acids is 1. The molecule has 0 spiro atoms. The molecule has 3 fully saturated rings. The number of piperidine rings is 1. The van der Waals surface area contributed by atoms with Crippen molar-refractivity contribution in [3.05, 3.63) is 10.6 Å². The van der Waals surface area contributed by atoms with Gasteiger partial charge in [-0.15, -0.1) is 11.8 Å². The summed E-state index contributed by atoms with van der Waals surface area (Å²) in [5.74, 6) is -1.13. The zero-order valence-electron chi connectivity index (χ0n) is 16.8.